The van der Waals surface area contributed by atoms with Crippen LogP contribution in [-0.4, -0.2) is 17.6 Å². The number of thiophene rings is 1. The Kier molecular flexibility index (Phi) is 3.59. The maximum Gasteiger partial charge on any atom is 0.252 e. The first-order valence-electron chi connectivity index (χ1n) is 6.78. The number of amides is 1. The summed E-state index contributed by atoms with van der Waals surface area (Å²) in [5, 5.41) is 17.5. The van der Waals surface area contributed by atoms with Crippen LogP contribution in [-0.2, 0) is 5.60 Å². The van der Waals surface area contributed by atoms with Crippen LogP contribution in [0.1, 0.15) is 28.8 Å². The molecule has 0 aliphatic heterocycles. The van der Waals surface area contributed by atoms with Crippen molar-refractivity contribution in [1.29, 1.82) is 0 Å². The second kappa shape index (κ2) is 5.38. The molecule has 3 rings (SSSR count). The van der Waals surface area contributed by atoms with Crippen molar-refractivity contribution in [3.63, 3.8) is 0 Å². The topological polar surface area (TPSA) is 49.3 Å². The Morgan fingerprint density at radius 3 is 2.65 bits per heavy atom. The number of carbonyl (C=O) groups is 1. The fourth-order valence-electron chi connectivity index (χ4n) is 2.48. The Labute approximate surface area is 122 Å². The van der Waals surface area contributed by atoms with Gasteiger partial charge in [0.2, 0.25) is 0 Å². The Hall–Kier alpha value is -1.65. The van der Waals surface area contributed by atoms with E-state index in [-0.39, 0.29) is 18.4 Å². The second-order valence-electron chi connectivity index (χ2n) is 5.26. The van der Waals surface area contributed by atoms with E-state index in [1.165, 1.54) is 11.3 Å². The van der Waals surface area contributed by atoms with Crippen molar-refractivity contribution in [3.8, 4) is 0 Å². The molecule has 0 bridgehead atoms. The maximum atomic E-state index is 12.0. The molecule has 1 aromatic carbocycles. The van der Waals surface area contributed by atoms with E-state index in [4.69, 9.17) is 0 Å². The van der Waals surface area contributed by atoms with Gasteiger partial charge in [0.1, 0.15) is 5.60 Å². The lowest BCUT2D eigenvalue weighted by atomic mass is 9.88. The summed E-state index contributed by atoms with van der Waals surface area (Å²) in [4.78, 5) is 12.0. The molecule has 1 aliphatic rings. The van der Waals surface area contributed by atoms with Crippen molar-refractivity contribution in [2.24, 2.45) is 5.92 Å². The minimum absolute atomic E-state index is 0.124. The number of hydrogen-bond acceptors (Lipinski definition) is 3. The first-order chi connectivity index (χ1) is 9.70. The van der Waals surface area contributed by atoms with Crippen molar-refractivity contribution >= 4 is 17.2 Å². The number of benzene rings is 1. The predicted octanol–water partition coefficient (Wildman–Crippen LogP) is 2.78. The van der Waals surface area contributed by atoms with E-state index in [0.717, 1.165) is 18.4 Å². The normalized spacial score (nSPS) is 17.4. The highest BCUT2D eigenvalue weighted by atomic mass is 32.1. The third-order valence-electron chi connectivity index (χ3n) is 3.83. The quantitative estimate of drug-likeness (QED) is 0.888. The number of aliphatic hydroxyl groups is 1. The van der Waals surface area contributed by atoms with Crippen LogP contribution in [0.3, 0.4) is 0 Å². The molecule has 2 N–H and O–H groups in total. The summed E-state index contributed by atoms with van der Waals surface area (Å²) in [6.07, 6.45) is 2.03. The highest BCUT2D eigenvalue weighted by Crippen LogP contribution is 2.45. The summed E-state index contributed by atoms with van der Waals surface area (Å²) in [6, 6.07) is 11.4. The Balaban J connectivity index is 1.74. The summed E-state index contributed by atoms with van der Waals surface area (Å²) in [6.45, 7) is 0.260. The number of nitrogens with one attached hydrogen (secondary N) is 1. The SMILES string of the molecule is O=C(NCC(O)(c1ccccc1)C1CC1)c1ccsc1. The summed E-state index contributed by atoms with van der Waals surface area (Å²) in [5.41, 5.74) is 0.585. The lowest BCUT2D eigenvalue weighted by Gasteiger charge is -2.29. The molecule has 1 fully saturated rings. The predicted molar refractivity (Wildman–Crippen MR) is 79.7 cm³/mol. The zero-order chi connectivity index (χ0) is 14.0. The van der Waals surface area contributed by atoms with Crippen LogP contribution in [0.25, 0.3) is 0 Å². The fourth-order valence-corrected chi connectivity index (χ4v) is 3.12. The van der Waals surface area contributed by atoms with E-state index in [1.54, 1.807) is 6.07 Å². The van der Waals surface area contributed by atoms with Gasteiger partial charge in [0.25, 0.3) is 5.91 Å². The maximum absolute atomic E-state index is 12.0. The van der Waals surface area contributed by atoms with Gasteiger partial charge >= 0.3 is 0 Å². The van der Waals surface area contributed by atoms with Crippen LogP contribution in [0.2, 0.25) is 0 Å². The number of hydrogen-bond donors (Lipinski definition) is 2. The van der Waals surface area contributed by atoms with Crippen LogP contribution in [0.4, 0.5) is 0 Å². The first-order valence-corrected chi connectivity index (χ1v) is 7.73. The van der Waals surface area contributed by atoms with Gasteiger partial charge in [-0.25, -0.2) is 0 Å². The Morgan fingerprint density at radius 1 is 1.30 bits per heavy atom. The lowest BCUT2D eigenvalue weighted by molar-refractivity contribution is 0.0135. The molecule has 0 saturated heterocycles. The summed E-state index contributed by atoms with van der Waals surface area (Å²) in [5.74, 6) is 0.119. The van der Waals surface area contributed by atoms with E-state index in [9.17, 15) is 9.90 Å². The average molecular weight is 287 g/mol. The zero-order valence-corrected chi connectivity index (χ0v) is 11.9. The van der Waals surface area contributed by atoms with Gasteiger partial charge in [-0.1, -0.05) is 30.3 Å². The van der Waals surface area contributed by atoms with Gasteiger partial charge in [0, 0.05) is 10.9 Å². The Morgan fingerprint density at radius 2 is 2.05 bits per heavy atom. The van der Waals surface area contributed by atoms with E-state index in [1.807, 2.05) is 41.1 Å². The molecule has 104 valence electrons. The van der Waals surface area contributed by atoms with Gasteiger partial charge in [-0.05, 0) is 35.8 Å². The molecular weight excluding hydrogens is 270 g/mol. The Bertz CT molecular complexity index is 578. The highest BCUT2D eigenvalue weighted by Gasteiger charge is 2.45. The van der Waals surface area contributed by atoms with E-state index in [2.05, 4.69) is 5.32 Å². The molecule has 1 heterocycles. The molecule has 20 heavy (non-hydrogen) atoms. The van der Waals surface area contributed by atoms with Crippen LogP contribution >= 0.6 is 11.3 Å². The summed E-state index contributed by atoms with van der Waals surface area (Å²) >= 11 is 1.49. The molecule has 1 aromatic heterocycles. The molecule has 4 heteroatoms. The number of carbonyl (C=O) groups excluding carboxylic acids is 1. The minimum atomic E-state index is -0.951. The minimum Gasteiger partial charge on any atom is -0.383 e. The molecule has 0 spiro atoms. The van der Waals surface area contributed by atoms with Gasteiger partial charge in [-0.2, -0.15) is 11.3 Å². The van der Waals surface area contributed by atoms with Gasteiger partial charge < -0.3 is 10.4 Å². The molecule has 1 saturated carbocycles. The molecular formula is C16H17NO2S. The number of rotatable bonds is 5. The van der Waals surface area contributed by atoms with Crippen LogP contribution in [0, 0.1) is 5.92 Å². The molecule has 1 aliphatic carbocycles. The van der Waals surface area contributed by atoms with Crippen molar-refractivity contribution < 1.29 is 9.90 Å². The van der Waals surface area contributed by atoms with Crippen LogP contribution < -0.4 is 5.32 Å². The standard InChI is InChI=1S/C16H17NO2S/c18-15(12-8-9-20-10-12)17-11-16(19,14-6-7-14)13-4-2-1-3-5-13/h1-5,8-10,14,19H,6-7,11H2,(H,17,18). The van der Waals surface area contributed by atoms with E-state index >= 15 is 0 Å². The van der Waals surface area contributed by atoms with Crippen molar-refractivity contribution in [1.82, 2.24) is 5.32 Å². The molecule has 3 nitrogen and oxygen atoms in total. The van der Waals surface area contributed by atoms with Crippen molar-refractivity contribution in [2.75, 3.05) is 6.54 Å². The molecule has 2 aromatic rings. The second-order valence-corrected chi connectivity index (χ2v) is 6.04. The van der Waals surface area contributed by atoms with Crippen molar-refractivity contribution in [2.45, 2.75) is 18.4 Å². The monoisotopic (exact) mass is 287 g/mol. The smallest absolute Gasteiger partial charge is 0.252 e. The molecule has 1 amide bonds. The third kappa shape index (κ3) is 2.62. The van der Waals surface area contributed by atoms with Gasteiger partial charge in [-0.3, -0.25) is 4.79 Å². The summed E-state index contributed by atoms with van der Waals surface area (Å²) < 4.78 is 0. The average Bonchev–Trinajstić information content (AvgIpc) is 3.21. The van der Waals surface area contributed by atoms with Crippen LogP contribution in [0.15, 0.2) is 47.2 Å². The first kappa shape index (κ1) is 13.3. The van der Waals surface area contributed by atoms with Gasteiger partial charge in [0.05, 0.1) is 6.54 Å². The van der Waals surface area contributed by atoms with Crippen LogP contribution in [0.5, 0.6) is 0 Å². The fraction of sp³-hybridized carbons (Fsp3) is 0.312. The van der Waals surface area contributed by atoms with Crippen molar-refractivity contribution in [3.05, 3.63) is 58.3 Å². The molecule has 0 radical (unpaired) electrons. The van der Waals surface area contributed by atoms with E-state index in [0.29, 0.717) is 5.56 Å². The van der Waals surface area contributed by atoms with Gasteiger partial charge in [0.15, 0.2) is 0 Å². The van der Waals surface area contributed by atoms with E-state index < -0.39 is 5.60 Å². The zero-order valence-electron chi connectivity index (χ0n) is 11.1. The summed E-state index contributed by atoms with van der Waals surface area (Å²) in [7, 11) is 0. The molecule has 1 atom stereocenters. The molecule has 1 unspecified atom stereocenters. The highest BCUT2D eigenvalue weighted by molar-refractivity contribution is 7.08. The largest absolute Gasteiger partial charge is 0.383 e. The third-order valence-corrected chi connectivity index (χ3v) is 4.51. The van der Waals surface area contributed by atoms with Gasteiger partial charge in [-0.15, -0.1) is 0 Å². The lowest BCUT2D eigenvalue weighted by Crippen LogP contribution is -2.42.